The minimum absolute atomic E-state index is 0.231. The standard InChI is InChI=1S/C13H22N2O3S2/c1-9(2)6-13-14-7-11(19-13)8-15-20(16,17)12-4-5-18-10(12)3/h7,9-10,12,15H,4-6,8H2,1-3H3/t10-,12-/m0/s1. The Bertz CT molecular complexity index is 540. The average molecular weight is 318 g/mol. The van der Waals surface area contributed by atoms with Gasteiger partial charge in [-0.05, 0) is 19.3 Å². The van der Waals surface area contributed by atoms with Crippen molar-refractivity contribution in [1.82, 2.24) is 9.71 Å². The van der Waals surface area contributed by atoms with Gasteiger partial charge in [-0.2, -0.15) is 0 Å². The Balaban J connectivity index is 1.92. The van der Waals surface area contributed by atoms with Gasteiger partial charge in [0.1, 0.15) is 5.25 Å². The third-order valence-corrected chi connectivity index (χ3v) is 6.32. The molecule has 0 aromatic carbocycles. The van der Waals surface area contributed by atoms with Crippen LogP contribution in [0.25, 0.3) is 0 Å². The van der Waals surface area contributed by atoms with Crippen molar-refractivity contribution in [2.24, 2.45) is 5.92 Å². The molecule has 1 saturated heterocycles. The van der Waals surface area contributed by atoms with E-state index in [1.807, 2.05) is 6.92 Å². The molecule has 1 fully saturated rings. The molecule has 0 radical (unpaired) electrons. The lowest BCUT2D eigenvalue weighted by atomic mass is 10.1. The van der Waals surface area contributed by atoms with E-state index in [9.17, 15) is 8.42 Å². The Morgan fingerprint density at radius 3 is 2.90 bits per heavy atom. The summed E-state index contributed by atoms with van der Waals surface area (Å²) < 4.78 is 32.4. The third kappa shape index (κ3) is 4.00. The number of hydrogen-bond donors (Lipinski definition) is 1. The van der Waals surface area contributed by atoms with Crippen LogP contribution in [0.15, 0.2) is 6.20 Å². The summed E-state index contributed by atoms with van der Waals surface area (Å²) in [4.78, 5) is 5.28. The zero-order valence-corrected chi connectivity index (χ0v) is 13.8. The molecule has 1 aromatic rings. The smallest absolute Gasteiger partial charge is 0.217 e. The van der Waals surface area contributed by atoms with Crippen LogP contribution in [0.2, 0.25) is 0 Å². The van der Waals surface area contributed by atoms with E-state index in [4.69, 9.17) is 4.74 Å². The molecule has 0 spiro atoms. The lowest BCUT2D eigenvalue weighted by Crippen LogP contribution is -2.37. The summed E-state index contributed by atoms with van der Waals surface area (Å²) >= 11 is 1.58. The number of ether oxygens (including phenoxy) is 1. The lowest BCUT2D eigenvalue weighted by Gasteiger charge is -2.15. The molecule has 1 aliphatic heterocycles. The van der Waals surface area contributed by atoms with E-state index in [1.165, 1.54) is 0 Å². The summed E-state index contributed by atoms with van der Waals surface area (Å²) in [6.07, 6.45) is 3.04. The number of rotatable bonds is 6. The Kier molecular flexibility index (Phi) is 5.17. The number of hydrogen-bond acceptors (Lipinski definition) is 5. The van der Waals surface area contributed by atoms with Crippen LogP contribution >= 0.6 is 11.3 Å². The molecule has 20 heavy (non-hydrogen) atoms. The molecule has 5 nitrogen and oxygen atoms in total. The fourth-order valence-electron chi connectivity index (χ4n) is 2.27. The van der Waals surface area contributed by atoms with E-state index in [1.54, 1.807) is 17.5 Å². The molecule has 2 heterocycles. The van der Waals surface area contributed by atoms with Crippen molar-refractivity contribution in [3.8, 4) is 0 Å². The predicted octanol–water partition coefficient (Wildman–Crippen LogP) is 1.94. The Morgan fingerprint density at radius 2 is 2.30 bits per heavy atom. The quantitative estimate of drug-likeness (QED) is 0.870. The molecule has 1 aliphatic rings. The molecule has 7 heteroatoms. The van der Waals surface area contributed by atoms with Gasteiger partial charge in [0.25, 0.3) is 0 Å². The molecule has 0 amide bonds. The summed E-state index contributed by atoms with van der Waals surface area (Å²) in [5.74, 6) is 0.558. The highest BCUT2D eigenvalue weighted by atomic mass is 32.2. The largest absolute Gasteiger partial charge is 0.377 e. The minimum Gasteiger partial charge on any atom is -0.377 e. The normalized spacial score (nSPS) is 23.6. The Labute approximate surface area is 124 Å². The van der Waals surface area contributed by atoms with Gasteiger partial charge in [-0.25, -0.2) is 18.1 Å². The highest BCUT2D eigenvalue weighted by Gasteiger charge is 2.35. The number of nitrogens with zero attached hydrogens (tertiary/aromatic N) is 1. The summed E-state index contributed by atoms with van der Waals surface area (Å²) in [6.45, 7) is 6.94. The van der Waals surface area contributed by atoms with Crippen LogP contribution in [0.5, 0.6) is 0 Å². The Hall–Kier alpha value is -0.500. The van der Waals surface area contributed by atoms with Gasteiger partial charge in [0.05, 0.1) is 11.1 Å². The minimum atomic E-state index is -3.32. The molecule has 1 N–H and O–H groups in total. The maximum Gasteiger partial charge on any atom is 0.217 e. The van der Waals surface area contributed by atoms with Crippen molar-refractivity contribution in [1.29, 1.82) is 0 Å². The van der Waals surface area contributed by atoms with Gasteiger partial charge in [-0.3, -0.25) is 0 Å². The summed E-state index contributed by atoms with van der Waals surface area (Å²) in [5.41, 5.74) is 0. The topological polar surface area (TPSA) is 68.3 Å². The van der Waals surface area contributed by atoms with Gasteiger partial charge >= 0.3 is 0 Å². The number of aromatic nitrogens is 1. The van der Waals surface area contributed by atoms with Crippen LogP contribution < -0.4 is 4.72 Å². The Morgan fingerprint density at radius 1 is 1.55 bits per heavy atom. The predicted molar refractivity (Wildman–Crippen MR) is 80.2 cm³/mol. The van der Waals surface area contributed by atoms with E-state index in [0.29, 0.717) is 25.5 Å². The first-order chi connectivity index (χ1) is 9.38. The van der Waals surface area contributed by atoms with Gasteiger partial charge in [-0.15, -0.1) is 11.3 Å². The van der Waals surface area contributed by atoms with E-state index in [-0.39, 0.29) is 6.10 Å². The molecule has 2 atom stereocenters. The van der Waals surface area contributed by atoms with E-state index in [2.05, 4.69) is 23.6 Å². The molecule has 114 valence electrons. The summed E-state index contributed by atoms with van der Waals surface area (Å²) in [5, 5.41) is 0.623. The second kappa shape index (κ2) is 6.51. The van der Waals surface area contributed by atoms with Crippen molar-refractivity contribution < 1.29 is 13.2 Å². The highest BCUT2D eigenvalue weighted by molar-refractivity contribution is 7.90. The fourth-order valence-corrected chi connectivity index (χ4v) is 5.00. The molecule has 1 aromatic heterocycles. The first-order valence-corrected chi connectivity index (χ1v) is 9.28. The SMILES string of the molecule is CC(C)Cc1ncc(CNS(=O)(=O)[C@H]2CCO[C@H]2C)s1. The van der Waals surface area contributed by atoms with Crippen LogP contribution in [-0.4, -0.2) is 31.4 Å². The lowest BCUT2D eigenvalue weighted by molar-refractivity contribution is 0.126. The van der Waals surface area contributed by atoms with E-state index < -0.39 is 15.3 Å². The van der Waals surface area contributed by atoms with Crippen molar-refractivity contribution in [2.45, 2.75) is 51.5 Å². The molecule has 0 aliphatic carbocycles. The molecule has 2 rings (SSSR count). The second-order valence-electron chi connectivity index (χ2n) is 5.59. The van der Waals surface area contributed by atoms with Crippen LogP contribution in [0.3, 0.4) is 0 Å². The van der Waals surface area contributed by atoms with Crippen LogP contribution in [0.4, 0.5) is 0 Å². The number of thiazole rings is 1. The maximum absolute atomic E-state index is 12.2. The van der Waals surface area contributed by atoms with Crippen LogP contribution in [0, 0.1) is 5.92 Å². The summed E-state index contributed by atoms with van der Waals surface area (Å²) in [6, 6.07) is 0. The second-order valence-corrected chi connectivity index (χ2v) is 8.77. The summed E-state index contributed by atoms with van der Waals surface area (Å²) in [7, 11) is -3.32. The maximum atomic E-state index is 12.2. The van der Waals surface area contributed by atoms with Crippen molar-refractivity contribution >= 4 is 21.4 Å². The first-order valence-electron chi connectivity index (χ1n) is 6.92. The molecule has 0 bridgehead atoms. The van der Waals surface area contributed by atoms with Crippen molar-refractivity contribution in [3.05, 3.63) is 16.1 Å². The highest BCUT2D eigenvalue weighted by Crippen LogP contribution is 2.21. The first kappa shape index (κ1) is 15.9. The van der Waals surface area contributed by atoms with Gasteiger partial charge in [0.15, 0.2) is 0 Å². The van der Waals surface area contributed by atoms with E-state index in [0.717, 1.165) is 16.3 Å². The van der Waals surface area contributed by atoms with Crippen LogP contribution in [-0.2, 0) is 27.7 Å². The van der Waals surface area contributed by atoms with Crippen molar-refractivity contribution in [2.75, 3.05) is 6.61 Å². The molecule has 0 saturated carbocycles. The van der Waals surface area contributed by atoms with Crippen LogP contribution in [0.1, 0.15) is 37.1 Å². The average Bonchev–Trinajstić information content (AvgIpc) is 2.95. The monoisotopic (exact) mass is 318 g/mol. The van der Waals surface area contributed by atoms with Crippen molar-refractivity contribution in [3.63, 3.8) is 0 Å². The van der Waals surface area contributed by atoms with Gasteiger partial charge in [-0.1, -0.05) is 13.8 Å². The fraction of sp³-hybridized carbons (Fsp3) is 0.769. The van der Waals surface area contributed by atoms with Gasteiger partial charge < -0.3 is 4.74 Å². The number of sulfonamides is 1. The molecular weight excluding hydrogens is 296 g/mol. The van der Waals surface area contributed by atoms with E-state index >= 15 is 0 Å². The third-order valence-electron chi connectivity index (χ3n) is 3.34. The van der Waals surface area contributed by atoms with Gasteiger partial charge in [0.2, 0.25) is 10.0 Å². The zero-order chi connectivity index (χ0) is 14.8. The molecule has 0 unspecified atom stereocenters. The number of nitrogens with one attached hydrogen (secondary N) is 1. The molecular formula is C13H22N2O3S2. The van der Waals surface area contributed by atoms with Gasteiger partial charge in [0, 0.05) is 30.6 Å². The zero-order valence-electron chi connectivity index (χ0n) is 12.1.